The van der Waals surface area contributed by atoms with Crippen molar-refractivity contribution < 1.29 is 9.59 Å². The van der Waals surface area contributed by atoms with Gasteiger partial charge >= 0.3 is 0 Å². The van der Waals surface area contributed by atoms with Crippen LogP contribution in [0, 0.1) is 0 Å². The molecule has 166 valence electrons. The van der Waals surface area contributed by atoms with Crippen LogP contribution in [-0.4, -0.2) is 64.1 Å². The number of piperazine rings is 1. The van der Waals surface area contributed by atoms with Gasteiger partial charge < -0.3 is 10.2 Å². The van der Waals surface area contributed by atoms with Crippen molar-refractivity contribution in [2.45, 2.75) is 19.5 Å². The molecule has 2 amide bonds. The quantitative estimate of drug-likeness (QED) is 0.606. The highest BCUT2D eigenvalue weighted by molar-refractivity contribution is 5.79. The molecule has 0 radical (unpaired) electrons. The van der Waals surface area contributed by atoms with E-state index in [1.807, 2.05) is 53.4 Å². The van der Waals surface area contributed by atoms with Crippen LogP contribution in [-0.2, 0) is 22.7 Å². The van der Waals surface area contributed by atoms with Crippen LogP contribution >= 0.6 is 0 Å². The van der Waals surface area contributed by atoms with Crippen LogP contribution in [0.5, 0.6) is 0 Å². The van der Waals surface area contributed by atoms with E-state index in [0.717, 1.165) is 11.1 Å². The lowest BCUT2D eigenvalue weighted by Gasteiger charge is -2.34. The molecule has 1 N–H and O–H groups in total. The number of nitrogens with zero attached hydrogens (tertiary/aromatic N) is 4. The Morgan fingerprint density at radius 2 is 1.66 bits per heavy atom. The van der Waals surface area contributed by atoms with Crippen molar-refractivity contribution in [1.29, 1.82) is 0 Å². The van der Waals surface area contributed by atoms with E-state index in [-0.39, 0.29) is 17.2 Å². The van der Waals surface area contributed by atoms with Gasteiger partial charge in [-0.05, 0) is 17.7 Å². The zero-order chi connectivity index (χ0) is 22.3. The van der Waals surface area contributed by atoms with Gasteiger partial charge in [-0.15, -0.1) is 0 Å². The van der Waals surface area contributed by atoms with E-state index in [2.05, 4.69) is 15.3 Å². The first-order chi connectivity index (χ1) is 15.6. The molecule has 32 heavy (non-hydrogen) atoms. The normalized spacial score (nSPS) is 14.4. The molecule has 0 atom stereocenters. The van der Waals surface area contributed by atoms with Gasteiger partial charge in [0.1, 0.15) is 0 Å². The molecule has 8 nitrogen and oxygen atoms in total. The molecule has 1 aliphatic heterocycles. The van der Waals surface area contributed by atoms with Crippen LogP contribution < -0.4 is 10.7 Å². The third-order valence-electron chi connectivity index (χ3n) is 5.72. The zero-order valence-corrected chi connectivity index (χ0v) is 17.9. The van der Waals surface area contributed by atoms with E-state index >= 15 is 0 Å². The number of aromatic nitrogens is 2. The summed E-state index contributed by atoms with van der Waals surface area (Å²) in [7, 11) is 0. The monoisotopic (exact) mass is 433 g/mol. The van der Waals surface area contributed by atoms with Crippen LogP contribution in [0.25, 0.3) is 10.9 Å². The number of fused-ring (bicyclic) bond motifs is 1. The molecule has 0 unspecified atom stereocenters. The standard InChI is InChI=1S/C24H27N5O3/c30-22-17-26-29(21-9-5-4-8-20(21)22)11-10-24(32)28-14-12-27(13-15-28)18-23(31)25-16-19-6-2-1-3-7-19/h1-9,17H,10-16,18H2,(H,25,31). The van der Waals surface area contributed by atoms with Gasteiger partial charge in [0.2, 0.25) is 17.2 Å². The third-order valence-corrected chi connectivity index (χ3v) is 5.72. The fraction of sp³-hybridized carbons (Fsp3) is 0.333. The Balaban J connectivity index is 1.22. The molecule has 0 aliphatic carbocycles. The lowest BCUT2D eigenvalue weighted by molar-refractivity contribution is -0.133. The van der Waals surface area contributed by atoms with E-state index in [1.54, 1.807) is 10.7 Å². The summed E-state index contributed by atoms with van der Waals surface area (Å²) in [5.41, 5.74) is 1.69. The second-order valence-electron chi connectivity index (χ2n) is 7.92. The lowest BCUT2D eigenvalue weighted by atomic mass is 10.2. The molecule has 1 fully saturated rings. The maximum absolute atomic E-state index is 12.7. The van der Waals surface area contributed by atoms with Gasteiger partial charge in [0, 0.05) is 44.5 Å². The summed E-state index contributed by atoms with van der Waals surface area (Å²) in [6, 6.07) is 17.1. The van der Waals surface area contributed by atoms with Crippen molar-refractivity contribution in [3.05, 3.63) is 76.6 Å². The van der Waals surface area contributed by atoms with Crippen LogP contribution in [0.1, 0.15) is 12.0 Å². The fourth-order valence-electron chi connectivity index (χ4n) is 3.91. The highest BCUT2D eigenvalue weighted by atomic mass is 16.2. The van der Waals surface area contributed by atoms with Crippen molar-refractivity contribution >= 4 is 22.7 Å². The molecular formula is C24H27N5O3. The molecule has 4 rings (SSSR count). The van der Waals surface area contributed by atoms with Crippen molar-refractivity contribution in [1.82, 2.24) is 24.9 Å². The molecule has 2 heterocycles. The number of nitrogens with one attached hydrogen (secondary N) is 1. The molecule has 8 heteroatoms. The van der Waals surface area contributed by atoms with Crippen LogP contribution in [0.15, 0.2) is 65.6 Å². The Kier molecular flexibility index (Phi) is 6.91. The minimum atomic E-state index is -0.118. The largest absolute Gasteiger partial charge is 0.351 e. The molecular weight excluding hydrogens is 406 g/mol. The first-order valence-corrected chi connectivity index (χ1v) is 10.9. The van der Waals surface area contributed by atoms with E-state index in [9.17, 15) is 14.4 Å². The van der Waals surface area contributed by atoms with Crippen LogP contribution in [0.2, 0.25) is 0 Å². The Labute approximate surface area is 186 Å². The Morgan fingerprint density at radius 3 is 2.44 bits per heavy atom. The van der Waals surface area contributed by atoms with E-state index in [0.29, 0.717) is 57.6 Å². The van der Waals surface area contributed by atoms with Gasteiger partial charge in [0.25, 0.3) is 0 Å². The van der Waals surface area contributed by atoms with Crippen molar-refractivity contribution in [3.63, 3.8) is 0 Å². The first-order valence-electron chi connectivity index (χ1n) is 10.9. The number of carbonyl (C=O) groups excluding carboxylic acids is 2. The number of aryl methyl sites for hydroxylation is 1. The molecule has 2 aromatic carbocycles. The molecule has 0 saturated carbocycles. The molecule has 1 aliphatic rings. The number of hydrogen-bond donors (Lipinski definition) is 1. The minimum absolute atomic E-state index is 0.00944. The number of amides is 2. The van der Waals surface area contributed by atoms with E-state index < -0.39 is 0 Å². The smallest absolute Gasteiger partial charge is 0.234 e. The maximum atomic E-state index is 12.7. The summed E-state index contributed by atoms with van der Waals surface area (Å²) in [5.74, 6) is 0.0487. The molecule has 0 bridgehead atoms. The number of carbonyl (C=O) groups is 2. The summed E-state index contributed by atoms with van der Waals surface area (Å²) in [6.07, 6.45) is 1.62. The van der Waals surface area contributed by atoms with Gasteiger partial charge in [-0.2, -0.15) is 5.10 Å². The Bertz CT molecular complexity index is 1140. The predicted molar refractivity (Wildman–Crippen MR) is 122 cm³/mol. The van der Waals surface area contributed by atoms with Gasteiger partial charge in [-0.3, -0.25) is 24.0 Å². The molecule has 1 aromatic heterocycles. The van der Waals surface area contributed by atoms with E-state index in [4.69, 9.17) is 0 Å². The Hall–Kier alpha value is -3.52. The highest BCUT2D eigenvalue weighted by Gasteiger charge is 2.22. The van der Waals surface area contributed by atoms with Crippen LogP contribution in [0.3, 0.4) is 0 Å². The third kappa shape index (κ3) is 5.39. The van der Waals surface area contributed by atoms with Gasteiger partial charge in [-0.1, -0.05) is 42.5 Å². The summed E-state index contributed by atoms with van der Waals surface area (Å²) in [5, 5.41) is 7.74. The number of para-hydroxylation sites is 1. The highest BCUT2D eigenvalue weighted by Crippen LogP contribution is 2.10. The van der Waals surface area contributed by atoms with Gasteiger partial charge in [0.05, 0.1) is 24.8 Å². The average Bonchev–Trinajstić information content (AvgIpc) is 2.83. The fourth-order valence-corrected chi connectivity index (χ4v) is 3.91. The van der Waals surface area contributed by atoms with Crippen LogP contribution in [0.4, 0.5) is 0 Å². The predicted octanol–water partition coefficient (Wildman–Crippen LogP) is 1.25. The van der Waals surface area contributed by atoms with Gasteiger partial charge in [-0.25, -0.2) is 0 Å². The average molecular weight is 434 g/mol. The van der Waals surface area contributed by atoms with Crippen molar-refractivity contribution in [3.8, 4) is 0 Å². The minimum Gasteiger partial charge on any atom is -0.351 e. The summed E-state index contributed by atoms with van der Waals surface area (Å²) in [4.78, 5) is 40.8. The number of rotatable bonds is 7. The SMILES string of the molecule is O=C(CN1CCN(C(=O)CCn2ncc(=O)c3ccccc32)CC1)NCc1ccccc1. The second kappa shape index (κ2) is 10.2. The lowest BCUT2D eigenvalue weighted by Crippen LogP contribution is -2.51. The molecule has 1 saturated heterocycles. The summed E-state index contributed by atoms with van der Waals surface area (Å²) < 4.78 is 1.71. The maximum Gasteiger partial charge on any atom is 0.234 e. The Morgan fingerprint density at radius 1 is 0.938 bits per heavy atom. The summed E-state index contributed by atoms with van der Waals surface area (Å²) in [6.45, 7) is 3.81. The van der Waals surface area contributed by atoms with Crippen molar-refractivity contribution in [2.24, 2.45) is 0 Å². The molecule has 0 spiro atoms. The first kappa shape index (κ1) is 21.7. The zero-order valence-electron chi connectivity index (χ0n) is 17.9. The van der Waals surface area contributed by atoms with Crippen molar-refractivity contribution in [2.75, 3.05) is 32.7 Å². The van der Waals surface area contributed by atoms with Gasteiger partial charge in [0.15, 0.2) is 0 Å². The second-order valence-corrected chi connectivity index (χ2v) is 7.92. The topological polar surface area (TPSA) is 87.5 Å². The molecule has 3 aromatic rings. The summed E-state index contributed by atoms with van der Waals surface area (Å²) >= 11 is 0. The van der Waals surface area contributed by atoms with E-state index in [1.165, 1.54) is 6.20 Å². The number of hydrogen-bond acceptors (Lipinski definition) is 5. The number of benzene rings is 2.